The Morgan fingerprint density at radius 3 is 2.27 bits per heavy atom. The number of aromatic hydroxyl groups is 1. The van der Waals surface area contributed by atoms with Gasteiger partial charge in [-0.05, 0) is 76.3 Å². The summed E-state index contributed by atoms with van der Waals surface area (Å²) >= 11 is 0. The minimum absolute atomic E-state index is 0.00160. The first-order chi connectivity index (χ1) is 29.9. The van der Waals surface area contributed by atoms with E-state index in [9.17, 15) is 39.5 Å². The second kappa shape index (κ2) is 29.0. The van der Waals surface area contributed by atoms with Gasteiger partial charge in [0.05, 0.1) is 11.5 Å². The third-order valence-corrected chi connectivity index (χ3v) is 11.7. The maximum atomic E-state index is 13.8. The molecular formula is C47H75N5O10. The number of aliphatic imine (C=N–C) groups is 1. The first-order valence-electron chi connectivity index (χ1n) is 23.4. The number of amides is 4. The van der Waals surface area contributed by atoms with Gasteiger partial charge in [0.25, 0.3) is 11.8 Å². The molecule has 1 saturated heterocycles. The number of esters is 1. The number of nitrogens with one attached hydrogen (secondary N) is 2. The highest BCUT2D eigenvalue weighted by molar-refractivity contribution is 6.01. The second-order valence-corrected chi connectivity index (χ2v) is 16.9. The maximum absolute atomic E-state index is 13.8. The number of aryl methyl sites for hydroxylation is 1. The van der Waals surface area contributed by atoms with Crippen LogP contribution in [0.15, 0.2) is 35.3 Å². The number of ether oxygens (including phenoxy) is 2. The number of nitrogens with zero attached hydrogens (tertiary/aromatic N) is 3. The van der Waals surface area contributed by atoms with Crippen LogP contribution in [0.2, 0.25) is 0 Å². The molecule has 0 aromatic heterocycles. The monoisotopic (exact) mass is 870 g/mol. The molecule has 5 atom stereocenters. The number of rotatable bonds is 29. The zero-order chi connectivity index (χ0) is 45.3. The maximum Gasteiger partial charge on any atom is 0.328 e. The average Bonchev–Trinajstić information content (AvgIpc) is 3.69. The Labute approximate surface area is 369 Å². The third kappa shape index (κ3) is 18.1. The number of hydrogen-bond donors (Lipinski definition) is 5. The first-order valence-corrected chi connectivity index (χ1v) is 23.4. The number of carbonyl (C=O) groups is 5. The van der Waals surface area contributed by atoms with Crippen molar-refractivity contribution in [2.75, 3.05) is 19.7 Å². The quantitative estimate of drug-likeness (QED) is 0.0175. The third-order valence-electron chi connectivity index (χ3n) is 11.7. The molecule has 15 heteroatoms. The van der Waals surface area contributed by atoms with Gasteiger partial charge in [-0.2, -0.15) is 0 Å². The van der Waals surface area contributed by atoms with E-state index in [0.717, 1.165) is 19.3 Å². The number of carbonyl (C=O) groups excluding carboxylic acids is 5. The normalized spacial score (nSPS) is 18.1. The SMILES string of the molecule is CCCCCCCCCCCCCCC/C=C\C(=O)N(O)CCCCC(NC(=O)C1COC(c2c(C)cccc2O)=N1)C(=O)OC(CC)C(C)C(=O)NC1CCCCN(O)C1=O. The molecule has 5 unspecified atom stereocenters. The van der Waals surface area contributed by atoms with E-state index < -0.39 is 59.7 Å². The lowest BCUT2D eigenvalue weighted by Gasteiger charge is -2.27. The molecule has 3 rings (SSSR count). The van der Waals surface area contributed by atoms with Crippen molar-refractivity contribution in [2.45, 2.75) is 187 Å². The van der Waals surface area contributed by atoms with E-state index in [1.54, 1.807) is 39.0 Å². The zero-order valence-electron chi connectivity index (χ0n) is 37.8. The van der Waals surface area contributed by atoms with Gasteiger partial charge in [0, 0.05) is 19.2 Å². The molecule has 15 nitrogen and oxygen atoms in total. The van der Waals surface area contributed by atoms with Crippen LogP contribution < -0.4 is 10.6 Å². The molecule has 0 aliphatic carbocycles. The molecule has 0 radical (unpaired) electrons. The molecule has 0 spiro atoms. The number of unbranched alkanes of at least 4 members (excludes halogenated alkanes) is 14. The van der Waals surface area contributed by atoms with Crippen molar-refractivity contribution >= 4 is 35.5 Å². The van der Waals surface area contributed by atoms with Gasteiger partial charge < -0.3 is 25.2 Å². The van der Waals surface area contributed by atoms with Gasteiger partial charge in [0.2, 0.25) is 17.7 Å². The van der Waals surface area contributed by atoms with Crippen LogP contribution >= 0.6 is 0 Å². The predicted molar refractivity (Wildman–Crippen MR) is 236 cm³/mol. The summed E-state index contributed by atoms with van der Waals surface area (Å²) in [5.74, 6) is -3.86. The first kappa shape index (κ1) is 51.8. The van der Waals surface area contributed by atoms with Crippen LogP contribution in [0.1, 0.15) is 167 Å². The number of phenolic OH excluding ortho intramolecular Hbond substituents is 1. The molecular weight excluding hydrogens is 795 g/mol. The summed E-state index contributed by atoms with van der Waals surface area (Å²) in [7, 11) is 0. The van der Waals surface area contributed by atoms with Gasteiger partial charge in [-0.3, -0.25) is 29.6 Å². The minimum atomic E-state index is -1.17. The Bertz CT molecular complexity index is 1600. The van der Waals surface area contributed by atoms with Crippen LogP contribution in [0.5, 0.6) is 5.75 Å². The molecule has 0 bridgehead atoms. The smallest absolute Gasteiger partial charge is 0.328 e. The summed E-state index contributed by atoms with van der Waals surface area (Å²) in [5.41, 5.74) is 1.07. The largest absolute Gasteiger partial charge is 0.507 e. The highest BCUT2D eigenvalue weighted by Gasteiger charge is 2.36. The fourth-order valence-electron chi connectivity index (χ4n) is 7.76. The molecule has 2 aliphatic heterocycles. The molecule has 5 N–H and O–H groups in total. The van der Waals surface area contributed by atoms with Gasteiger partial charge in [-0.15, -0.1) is 0 Å². The van der Waals surface area contributed by atoms with E-state index in [0.29, 0.717) is 53.4 Å². The summed E-state index contributed by atoms with van der Waals surface area (Å²) in [6.45, 7) is 7.41. The summed E-state index contributed by atoms with van der Waals surface area (Å²) in [5, 5.41) is 37.5. The molecule has 62 heavy (non-hydrogen) atoms. The predicted octanol–water partition coefficient (Wildman–Crippen LogP) is 7.60. The van der Waals surface area contributed by atoms with E-state index in [-0.39, 0.29) is 44.2 Å². The van der Waals surface area contributed by atoms with Crippen LogP contribution in [0.4, 0.5) is 0 Å². The molecule has 0 saturated carbocycles. The fraction of sp³-hybridized carbons (Fsp3) is 0.702. The summed E-state index contributed by atoms with van der Waals surface area (Å²) in [6.07, 6.45) is 22.0. The molecule has 1 aromatic rings. The number of benzene rings is 1. The van der Waals surface area contributed by atoms with Gasteiger partial charge >= 0.3 is 5.97 Å². The van der Waals surface area contributed by atoms with Gasteiger partial charge in [0.15, 0.2) is 6.04 Å². The van der Waals surface area contributed by atoms with Crippen molar-refractivity contribution in [1.29, 1.82) is 0 Å². The average molecular weight is 870 g/mol. The van der Waals surface area contributed by atoms with Crippen molar-refractivity contribution in [3.05, 3.63) is 41.5 Å². The van der Waals surface area contributed by atoms with E-state index in [1.807, 2.05) is 0 Å². The van der Waals surface area contributed by atoms with Gasteiger partial charge in [-0.25, -0.2) is 19.9 Å². The summed E-state index contributed by atoms with van der Waals surface area (Å²) in [6, 6.07) is 1.85. The molecule has 348 valence electrons. The lowest BCUT2D eigenvalue weighted by molar-refractivity contribution is -0.167. The van der Waals surface area contributed by atoms with E-state index in [1.165, 1.54) is 82.8 Å². The fourth-order valence-corrected chi connectivity index (χ4v) is 7.76. The Balaban J connectivity index is 1.51. The highest BCUT2D eigenvalue weighted by Crippen LogP contribution is 2.25. The zero-order valence-corrected chi connectivity index (χ0v) is 37.8. The lowest BCUT2D eigenvalue weighted by Crippen LogP contribution is -2.50. The van der Waals surface area contributed by atoms with E-state index in [4.69, 9.17) is 9.47 Å². The second-order valence-electron chi connectivity index (χ2n) is 16.9. The number of phenols is 1. The standard InChI is InChI=1S/C47H75N5O10/c1-5-7-8-9-10-11-12-13-14-15-16-17-18-19-20-30-41(54)51(59)31-23-22-28-37(49-44(56)38-33-61-45(50-38)42-34(3)26-25-29-39(42)53)47(58)62-40(6-2)35(4)43(55)48-36-27-21-24-32-52(60)46(36)57/h20,25-26,29-30,35-38,40,53,59-60H,5-19,21-24,27-28,31-33H2,1-4H3,(H,48,55)(H,49,56)/b30-20-. The van der Waals surface area contributed by atoms with Gasteiger partial charge in [0.1, 0.15) is 30.5 Å². The Morgan fingerprint density at radius 1 is 0.968 bits per heavy atom. The van der Waals surface area contributed by atoms with Crippen molar-refractivity contribution in [1.82, 2.24) is 20.8 Å². The Hall–Kier alpha value is -4.50. The number of hydrogen-bond acceptors (Lipinski definition) is 11. The molecule has 1 aromatic carbocycles. The van der Waals surface area contributed by atoms with Crippen molar-refractivity contribution in [3.8, 4) is 5.75 Å². The molecule has 1 fully saturated rings. The van der Waals surface area contributed by atoms with Crippen molar-refractivity contribution in [3.63, 3.8) is 0 Å². The number of hydroxylamine groups is 4. The number of allylic oxidation sites excluding steroid dienone is 1. The Morgan fingerprint density at radius 2 is 1.63 bits per heavy atom. The van der Waals surface area contributed by atoms with Crippen LogP contribution in [0.3, 0.4) is 0 Å². The molecule has 4 amide bonds. The van der Waals surface area contributed by atoms with E-state index in [2.05, 4.69) is 22.5 Å². The van der Waals surface area contributed by atoms with E-state index >= 15 is 0 Å². The Kier molecular flexibility index (Phi) is 24.2. The van der Waals surface area contributed by atoms with Crippen molar-refractivity contribution < 1.29 is 49.0 Å². The minimum Gasteiger partial charge on any atom is -0.507 e. The van der Waals surface area contributed by atoms with Crippen LogP contribution in [-0.4, -0.2) is 105 Å². The molecule has 2 aliphatic rings. The lowest BCUT2D eigenvalue weighted by atomic mass is 10.00. The van der Waals surface area contributed by atoms with Crippen LogP contribution in [-0.2, 0) is 33.4 Å². The van der Waals surface area contributed by atoms with Crippen molar-refractivity contribution in [2.24, 2.45) is 10.9 Å². The highest BCUT2D eigenvalue weighted by atomic mass is 16.5. The molecule has 2 heterocycles. The summed E-state index contributed by atoms with van der Waals surface area (Å²) in [4.78, 5) is 70.1. The van der Waals surface area contributed by atoms with Gasteiger partial charge in [-0.1, -0.05) is 116 Å². The van der Waals surface area contributed by atoms with Crippen LogP contribution in [0, 0.1) is 12.8 Å². The van der Waals surface area contributed by atoms with Crippen LogP contribution in [0.25, 0.3) is 0 Å². The topological polar surface area (TPSA) is 207 Å². The summed E-state index contributed by atoms with van der Waals surface area (Å²) < 4.78 is 11.5.